The summed E-state index contributed by atoms with van der Waals surface area (Å²) in [7, 11) is 0. The van der Waals surface area contributed by atoms with E-state index in [0.29, 0.717) is 5.41 Å². The van der Waals surface area contributed by atoms with Gasteiger partial charge in [-0.25, -0.2) is 0 Å². The van der Waals surface area contributed by atoms with Crippen LogP contribution in [-0.4, -0.2) is 0 Å². The zero-order valence-corrected chi connectivity index (χ0v) is 11.8. The van der Waals surface area contributed by atoms with E-state index in [4.69, 9.17) is 0 Å². The first-order valence-electron chi connectivity index (χ1n) is 4.03. The Morgan fingerprint density at radius 2 is 1.69 bits per heavy atom. The molecule has 0 unspecified atom stereocenters. The van der Waals surface area contributed by atoms with Gasteiger partial charge in [0.1, 0.15) is 0 Å². The first kappa shape index (κ1) is 16.2. The third-order valence-corrected chi connectivity index (χ3v) is 3.09. The third kappa shape index (κ3) is 4.21. The number of halogens is 2. The number of hydrogen-bond donors (Lipinski definition) is 0. The standard InChI is InChI=1S/C10H15.2ClH.Ti/c1-8-5-6-9(7-8)10(2,3)4;;;/h7H,6H2,1-4H3;2*1H;. The molecule has 0 spiro atoms. The fourth-order valence-corrected chi connectivity index (χ4v) is 1.62. The first-order chi connectivity index (χ1) is 4.91. The monoisotopic (exact) mass is 255 g/mol. The van der Waals surface area contributed by atoms with E-state index in [1.807, 2.05) is 0 Å². The fourth-order valence-electron chi connectivity index (χ4n) is 1.21. The van der Waals surface area contributed by atoms with Gasteiger partial charge in [0, 0.05) is 0 Å². The Bertz CT molecular complexity index is 234. The molecule has 0 radical (unpaired) electrons. The van der Waals surface area contributed by atoms with Crippen molar-refractivity contribution in [2.45, 2.75) is 34.1 Å². The van der Waals surface area contributed by atoms with E-state index in [1.54, 1.807) is 5.57 Å². The van der Waals surface area contributed by atoms with Gasteiger partial charge in [0.15, 0.2) is 0 Å². The molecule has 0 fully saturated rings. The van der Waals surface area contributed by atoms with E-state index in [0.717, 1.165) is 0 Å². The topological polar surface area (TPSA) is 0 Å². The summed E-state index contributed by atoms with van der Waals surface area (Å²) in [6.45, 7) is 9.05. The van der Waals surface area contributed by atoms with Crippen molar-refractivity contribution in [1.82, 2.24) is 0 Å². The van der Waals surface area contributed by atoms with Crippen LogP contribution in [0.4, 0.5) is 0 Å². The molecule has 0 saturated carbocycles. The Balaban J connectivity index is 0. The smallest absolute Gasteiger partial charge is 0.147 e. The van der Waals surface area contributed by atoms with Crippen molar-refractivity contribution >= 4 is 24.8 Å². The molecule has 1 aliphatic carbocycles. The molecule has 0 N–H and O–H groups in total. The number of hydrogen-bond acceptors (Lipinski definition) is 0. The van der Waals surface area contributed by atoms with Gasteiger partial charge in [-0.05, 0) is 0 Å². The summed E-state index contributed by atoms with van der Waals surface area (Å²) in [5.74, 6) is 0. The van der Waals surface area contributed by atoms with Crippen molar-refractivity contribution in [2.75, 3.05) is 0 Å². The average molecular weight is 256 g/mol. The van der Waals surface area contributed by atoms with E-state index < -0.39 is 0 Å². The first-order valence-corrected chi connectivity index (χ1v) is 4.82. The van der Waals surface area contributed by atoms with Crippen molar-refractivity contribution < 1.29 is 20.4 Å². The van der Waals surface area contributed by atoms with Crippen LogP contribution in [-0.2, 0) is 20.4 Å². The van der Waals surface area contributed by atoms with Crippen molar-refractivity contribution in [2.24, 2.45) is 5.41 Å². The van der Waals surface area contributed by atoms with E-state index >= 15 is 0 Å². The van der Waals surface area contributed by atoms with Crippen LogP contribution in [0.15, 0.2) is 21.1 Å². The molecule has 0 aromatic rings. The molecule has 1 aliphatic rings. The molecule has 13 heavy (non-hydrogen) atoms. The van der Waals surface area contributed by atoms with Crippen LogP contribution in [0, 0.1) is 5.41 Å². The molecule has 0 aliphatic heterocycles. The van der Waals surface area contributed by atoms with Crippen LogP contribution in [0.1, 0.15) is 34.1 Å². The summed E-state index contributed by atoms with van der Waals surface area (Å²) in [5.41, 5.74) is 3.40. The predicted molar refractivity (Wildman–Crippen MR) is 59.4 cm³/mol. The van der Waals surface area contributed by atoms with Gasteiger partial charge in [-0.1, -0.05) is 0 Å². The van der Waals surface area contributed by atoms with Gasteiger partial charge in [0.05, 0.1) is 0 Å². The van der Waals surface area contributed by atoms with E-state index in [-0.39, 0.29) is 24.8 Å². The van der Waals surface area contributed by atoms with Crippen LogP contribution >= 0.6 is 24.8 Å². The molecule has 1 rings (SSSR count). The Kier molecular flexibility index (Phi) is 6.99. The number of rotatable bonds is 0. The van der Waals surface area contributed by atoms with Crippen LogP contribution in [0.25, 0.3) is 0 Å². The molecule has 0 aromatic heterocycles. The van der Waals surface area contributed by atoms with Crippen LogP contribution in [0.2, 0.25) is 0 Å². The summed E-state index contributed by atoms with van der Waals surface area (Å²) >= 11 is 2.23. The summed E-state index contributed by atoms with van der Waals surface area (Å²) in [4.78, 5) is 0. The Morgan fingerprint density at radius 3 is 1.85 bits per heavy atom. The third-order valence-electron chi connectivity index (χ3n) is 2.20. The molecule has 0 heterocycles. The molecule has 3 heteroatoms. The summed E-state index contributed by atoms with van der Waals surface area (Å²) in [6.07, 6.45) is 3.53. The Hall–Kier alpha value is 0.774. The van der Waals surface area contributed by atoms with Crippen LogP contribution in [0.3, 0.4) is 0 Å². The van der Waals surface area contributed by atoms with Crippen LogP contribution < -0.4 is 0 Å². The van der Waals surface area contributed by atoms with Gasteiger partial charge in [0.2, 0.25) is 0 Å². The van der Waals surface area contributed by atoms with Crippen molar-refractivity contribution in [1.29, 1.82) is 0 Å². The van der Waals surface area contributed by atoms with Gasteiger partial charge < -0.3 is 0 Å². The molecule has 0 amide bonds. The molecule has 0 atom stereocenters. The Labute approximate surface area is 105 Å². The van der Waals surface area contributed by atoms with Gasteiger partial charge in [-0.15, -0.1) is 24.8 Å². The molecule has 0 aromatic carbocycles. The van der Waals surface area contributed by atoms with E-state index in [1.165, 1.54) is 15.9 Å². The van der Waals surface area contributed by atoms with Crippen molar-refractivity contribution in [3.63, 3.8) is 0 Å². The SMILES string of the molecule is CC1=[C]([Ti])CC(C(C)(C)C)=C1.Cl.Cl. The quantitative estimate of drug-likeness (QED) is 0.574. The predicted octanol–water partition coefficient (Wildman–Crippen LogP) is 4.03. The summed E-state index contributed by atoms with van der Waals surface area (Å²) < 4.78 is 1.54. The maximum atomic E-state index is 2.34. The van der Waals surface area contributed by atoms with Crippen molar-refractivity contribution in [3.8, 4) is 0 Å². The minimum absolute atomic E-state index is 0. The van der Waals surface area contributed by atoms with Gasteiger partial charge >= 0.3 is 81.1 Å². The maximum Gasteiger partial charge on any atom is -0.147 e. The molecule has 0 saturated heterocycles. The summed E-state index contributed by atoms with van der Waals surface area (Å²) in [6, 6.07) is 0. The zero-order chi connectivity index (χ0) is 8.65. The molecular formula is C10H17Cl2Ti. The maximum absolute atomic E-state index is 2.34. The van der Waals surface area contributed by atoms with E-state index in [9.17, 15) is 0 Å². The Morgan fingerprint density at radius 1 is 1.23 bits per heavy atom. The normalized spacial score (nSPS) is 16.1. The number of allylic oxidation sites excluding steroid dienone is 4. The minimum Gasteiger partial charge on any atom is -0.147 e. The second-order valence-electron chi connectivity index (χ2n) is 4.26. The van der Waals surface area contributed by atoms with Gasteiger partial charge in [-0.3, -0.25) is 0 Å². The zero-order valence-electron chi connectivity index (χ0n) is 8.60. The fraction of sp³-hybridized carbons (Fsp3) is 0.600. The summed E-state index contributed by atoms with van der Waals surface area (Å²) in [5, 5.41) is 0. The second-order valence-corrected chi connectivity index (χ2v) is 5.20. The van der Waals surface area contributed by atoms with Crippen LogP contribution in [0.5, 0.6) is 0 Å². The average Bonchev–Trinajstić information content (AvgIpc) is 2.11. The minimum atomic E-state index is 0. The van der Waals surface area contributed by atoms with Crippen molar-refractivity contribution in [3.05, 3.63) is 21.1 Å². The molecule has 75 valence electrons. The largest absolute Gasteiger partial charge is 0.147 e. The molecular weight excluding hydrogens is 239 g/mol. The van der Waals surface area contributed by atoms with E-state index in [2.05, 4.69) is 54.2 Å². The molecule has 0 nitrogen and oxygen atoms in total. The van der Waals surface area contributed by atoms with Gasteiger partial charge in [0.25, 0.3) is 0 Å². The van der Waals surface area contributed by atoms with Gasteiger partial charge in [-0.2, -0.15) is 0 Å². The second kappa shape index (κ2) is 5.61. The molecule has 0 bridgehead atoms.